The number of carbonyl (C=O) groups excluding carboxylic acids is 2. The van der Waals surface area contributed by atoms with Gasteiger partial charge in [0.05, 0.1) is 26.9 Å². The highest BCUT2D eigenvalue weighted by Crippen LogP contribution is 2.26. The standard InChI is InChI=1S/C19H18N6O2S3/c1-11(20-17(27)14-8-5-9-28-14)16-23-24-19(25(16)2)29-10-15(26)22-18-21-12-6-3-4-7-13(12)30-18/h3-9,11H,10H2,1-2H3,(H,20,27)(H,21,22,26)/t11-/m0/s1. The molecular formula is C19H18N6O2S3. The second-order valence-corrected chi connectivity index (χ2v) is 9.32. The molecule has 154 valence electrons. The average molecular weight is 459 g/mol. The molecule has 2 N–H and O–H groups in total. The number of fused-ring (bicyclic) bond motifs is 1. The van der Waals surface area contributed by atoms with Gasteiger partial charge in [0.2, 0.25) is 5.91 Å². The van der Waals surface area contributed by atoms with E-state index in [1.807, 2.05) is 49.7 Å². The highest BCUT2D eigenvalue weighted by Gasteiger charge is 2.19. The first-order valence-electron chi connectivity index (χ1n) is 9.03. The number of hydrogen-bond donors (Lipinski definition) is 2. The minimum absolute atomic E-state index is 0.148. The predicted octanol–water partition coefficient (Wildman–Crippen LogP) is 3.71. The Morgan fingerprint density at radius 1 is 1.20 bits per heavy atom. The van der Waals surface area contributed by atoms with Crippen LogP contribution in [-0.2, 0) is 11.8 Å². The molecule has 0 saturated heterocycles. The summed E-state index contributed by atoms with van der Waals surface area (Å²) in [5, 5.41) is 17.1. The molecule has 0 fully saturated rings. The Labute approximate surface area is 184 Å². The highest BCUT2D eigenvalue weighted by atomic mass is 32.2. The largest absolute Gasteiger partial charge is 0.342 e. The normalized spacial score (nSPS) is 12.1. The fourth-order valence-electron chi connectivity index (χ4n) is 2.78. The molecule has 11 heteroatoms. The van der Waals surface area contributed by atoms with Crippen molar-refractivity contribution in [2.24, 2.45) is 7.05 Å². The quantitative estimate of drug-likeness (QED) is 0.410. The van der Waals surface area contributed by atoms with Crippen molar-refractivity contribution in [3.8, 4) is 0 Å². The van der Waals surface area contributed by atoms with Crippen LogP contribution in [0.2, 0.25) is 0 Å². The van der Waals surface area contributed by atoms with Gasteiger partial charge >= 0.3 is 0 Å². The Bertz CT molecular complexity index is 1150. The Morgan fingerprint density at radius 2 is 2.03 bits per heavy atom. The van der Waals surface area contributed by atoms with Crippen LogP contribution in [0.25, 0.3) is 10.2 Å². The van der Waals surface area contributed by atoms with E-state index < -0.39 is 0 Å². The van der Waals surface area contributed by atoms with E-state index in [0.717, 1.165) is 10.2 Å². The van der Waals surface area contributed by atoms with Gasteiger partial charge in [0.15, 0.2) is 16.1 Å². The number of nitrogens with one attached hydrogen (secondary N) is 2. The number of nitrogens with zero attached hydrogens (tertiary/aromatic N) is 4. The number of thioether (sulfide) groups is 1. The Morgan fingerprint density at radius 3 is 2.80 bits per heavy atom. The van der Waals surface area contributed by atoms with E-state index in [0.29, 0.717) is 21.0 Å². The van der Waals surface area contributed by atoms with Crippen LogP contribution in [0.3, 0.4) is 0 Å². The Balaban J connectivity index is 1.34. The zero-order chi connectivity index (χ0) is 21.1. The molecule has 4 aromatic rings. The van der Waals surface area contributed by atoms with Gasteiger partial charge in [-0.2, -0.15) is 0 Å². The lowest BCUT2D eigenvalue weighted by molar-refractivity contribution is -0.113. The summed E-state index contributed by atoms with van der Waals surface area (Å²) in [4.78, 5) is 29.6. The van der Waals surface area contributed by atoms with Crippen LogP contribution in [0.1, 0.15) is 28.5 Å². The van der Waals surface area contributed by atoms with Gasteiger partial charge in [0, 0.05) is 7.05 Å². The molecule has 0 aliphatic carbocycles. The van der Waals surface area contributed by atoms with Crippen molar-refractivity contribution in [2.75, 3.05) is 11.1 Å². The summed E-state index contributed by atoms with van der Waals surface area (Å²) < 4.78 is 2.81. The monoisotopic (exact) mass is 458 g/mol. The molecule has 3 aromatic heterocycles. The third-order valence-corrected chi connectivity index (χ3v) is 7.06. The number of para-hydroxylation sites is 1. The Kier molecular flexibility index (Phi) is 6.11. The number of hydrogen-bond acceptors (Lipinski definition) is 8. The third kappa shape index (κ3) is 4.53. The van der Waals surface area contributed by atoms with E-state index in [2.05, 4.69) is 25.8 Å². The summed E-state index contributed by atoms with van der Waals surface area (Å²) in [5.74, 6) is 0.485. The highest BCUT2D eigenvalue weighted by molar-refractivity contribution is 7.99. The third-order valence-electron chi connectivity index (χ3n) is 4.22. The second kappa shape index (κ2) is 8.94. The number of rotatable bonds is 7. The fourth-order valence-corrected chi connectivity index (χ4v) is 5.01. The van der Waals surface area contributed by atoms with Gasteiger partial charge < -0.3 is 15.2 Å². The van der Waals surface area contributed by atoms with E-state index in [1.54, 1.807) is 10.6 Å². The summed E-state index contributed by atoms with van der Waals surface area (Å²) in [6.07, 6.45) is 0. The van der Waals surface area contributed by atoms with Gasteiger partial charge in [-0.1, -0.05) is 41.3 Å². The summed E-state index contributed by atoms with van der Waals surface area (Å²) in [6.45, 7) is 1.85. The van der Waals surface area contributed by atoms with Crippen molar-refractivity contribution in [1.82, 2.24) is 25.1 Å². The second-order valence-electron chi connectivity index (χ2n) is 6.40. The lowest BCUT2D eigenvalue weighted by Crippen LogP contribution is -2.27. The minimum Gasteiger partial charge on any atom is -0.342 e. The molecule has 0 aliphatic rings. The summed E-state index contributed by atoms with van der Waals surface area (Å²) in [6, 6.07) is 11.0. The zero-order valence-electron chi connectivity index (χ0n) is 16.2. The van der Waals surface area contributed by atoms with Crippen LogP contribution in [-0.4, -0.2) is 37.3 Å². The number of benzene rings is 1. The number of thiophene rings is 1. The van der Waals surface area contributed by atoms with Crippen molar-refractivity contribution >= 4 is 61.6 Å². The van der Waals surface area contributed by atoms with Gasteiger partial charge in [-0.3, -0.25) is 9.59 Å². The number of aromatic nitrogens is 4. The van der Waals surface area contributed by atoms with E-state index in [1.165, 1.54) is 34.4 Å². The molecular weight excluding hydrogens is 440 g/mol. The molecule has 2 amide bonds. The molecule has 0 aliphatic heterocycles. The van der Waals surface area contributed by atoms with Crippen molar-refractivity contribution < 1.29 is 9.59 Å². The van der Waals surface area contributed by atoms with E-state index in [-0.39, 0.29) is 23.6 Å². The van der Waals surface area contributed by atoms with E-state index in [9.17, 15) is 9.59 Å². The van der Waals surface area contributed by atoms with E-state index in [4.69, 9.17) is 0 Å². The number of thiazole rings is 1. The maximum Gasteiger partial charge on any atom is 0.261 e. The summed E-state index contributed by atoms with van der Waals surface area (Å²) in [7, 11) is 1.82. The van der Waals surface area contributed by atoms with Crippen LogP contribution in [0.15, 0.2) is 46.9 Å². The zero-order valence-corrected chi connectivity index (χ0v) is 18.6. The molecule has 0 saturated carbocycles. The molecule has 0 bridgehead atoms. The molecule has 3 heterocycles. The molecule has 0 radical (unpaired) electrons. The SMILES string of the molecule is C[C@H](NC(=O)c1cccs1)c1nnc(SCC(=O)Nc2nc3ccccc3s2)n1C. The topological polar surface area (TPSA) is 102 Å². The number of anilines is 1. The number of carbonyl (C=O) groups is 2. The minimum atomic E-state index is -0.317. The molecule has 0 unspecified atom stereocenters. The first kappa shape index (κ1) is 20.5. The van der Waals surface area contributed by atoms with Crippen LogP contribution in [0, 0.1) is 0 Å². The van der Waals surface area contributed by atoms with Crippen LogP contribution >= 0.6 is 34.4 Å². The fraction of sp³-hybridized carbons (Fsp3) is 0.211. The molecule has 1 atom stereocenters. The van der Waals surface area contributed by atoms with Crippen LogP contribution in [0.5, 0.6) is 0 Å². The van der Waals surface area contributed by atoms with Gasteiger partial charge in [-0.15, -0.1) is 21.5 Å². The first-order chi connectivity index (χ1) is 14.5. The average Bonchev–Trinajstić information content (AvgIpc) is 3.46. The summed E-state index contributed by atoms with van der Waals surface area (Å²) >= 11 is 4.10. The molecule has 8 nitrogen and oxygen atoms in total. The van der Waals surface area contributed by atoms with Crippen LogP contribution in [0.4, 0.5) is 5.13 Å². The molecule has 4 rings (SSSR count). The maximum atomic E-state index is 12.3. The van der Waals surface area contributed by atoms with Crippen molar-refractivity contribution in [3.05, 3.63) is 52.5 Å². The van der Waals surface area contributed by atoms with E-state index >= 15 is 0 Å². The summed E-state index contributed by atoms with van der Waals surface area (Å²) in [5.41, 5.74) is 0.863. The predicted molar refractivity (Wildman–Crippen MR) is 120 cm³/mol. The maximum absolute atomic E-state index is 12.3. The van der Waals surface area contributed by atoms with Crippen LogP contribution < -0.4 is 10.6 Å². The van der Waals surface area contributed by atoms with Gasteiger partial charge in [0.1, 0.15) is 0 Å². The molecule has 0 spiro atoms. The Hall–Kier alpha value is -2.76. The lowest BCUT2D eigenvalue weighted by atomic mass is 10.3. The first-order valence-corrected chi connectivity index (χ1v) is 11.7. The lowest BCUT2D eigenvalue weighted by Gasteiger charge is -2.12. The van der Waals surface area contributed by atoms with Gasteiger partial charge in [-0.05, 0) is 30.5 Å². The molecule has 1 aromatic carbocycles. The van der Waals surface area contributed by atoms with Crippen molar-refractivity contribution in [3.63, 3.8) is 0 Å². The molecule has 30 heavy (non-hydrogen) atoms. The van der Waals surface area contributed by atoms with Crippen molar-refractivity contribution in [2.45, 2.75) is 18.1 Å². The van der Waals surface area contributed by atoms with Crippen molar-refractivity contribution in [1.29, 1.82) is 0 Å². The van der Waals surface area contributed by atoms with Gasteiger partial charge in [0.25, 0.3) is 5.91 Å². The smallest absolute Gasteiger partial charge is 0.261 e. The number of amides is 2. The van der Waals surface area contributed by atoms with Gasteiger partial charge in [-0.25, -0.2) is 4.98 Å².